The maximum atomic E-state index is 11.5. The summed E-state index contributed by atoms with van der Waals surface area (Å²) in [5.41, 5.74) is -2.43. The fourth-order valence-corrected chi connectivity index (χ4v) is 1.02. The Labute approximate surface area is 155 Å². The van der Waals surface area contributed by atoms with Crippen LogP contribution in [0.15, 0.2) is 12.2 Å². The molecule has 0 aliphatic rings. The minimum absolute atomic E-state index is 0. The Morgan fingerprint density at radius 1 is 1.37 bits per heavy atom. The van der Waals surface area contributed by atoms with Gasteiger partial charge in [-0.3, -0.25) is 0 Å². The van der Waals surface area contributed by atoms with E-state index in [9.17, 15) is 14.7 Å². The number of hydrogen-bond acceptors (Lipinski definition) is 4. The van der Waals surface area contributed by atoms with Crippen LogP contribution in [0.1, 0.15) is 27.7 Å². The standard InChI is InChI=1S/C12H18N2O4.K/c1-11(2,3)18-10(17)14-12(4,9(15)16)7-6-8-13-5;/h6-7H,8H2,1-4H3,(H,14,17)(H,15,16);/q;+1/p-1/b7-6-;. The summed E-state index contributed by atoms with van der Waals surface area (Å²) in [6.07, 6.45) is 1.69. The van der Waals surface area contributed by atoms with Crippen LogP contribution in [-0.2, 0) is 9.53 Å². The number of carbonyl (C=O) groups is 2. The summed E-state index contributed by atoms with van der Waals surface area (Å²) >= 11 is 0. The fourth-order valence-electron chi connectivity index (χ4n) is 1.02. The SMILES string of the molecule is [C-]#[N+]C/C=C\C(C)(NC(=O)OC(C)(C)C)C(=O)[O-].[K+]. The van der Waals surface area contributed by atoms with Crippen LogP contribution in [0.2, 0.25) is 0 Å². The van der Waals surface area contributed by atoms with Gasteiger partial charge in [0.1, 0.15) is 5.60 Å². The molecular weight excluding hydrogens is 275 g/mol. The number of hydrogen-bond donors (Lipinski definition) is 1. The van der Waals surface area contributed by atoms with E-state index in [0.29, 0.717) is 0 Å². The normalized spacial score (nSPS) is 13.8. The number of amides is 1. The number of aliphatic carboxylic acids is 1. The molecule has 1 atom stereocenters. The molecule has 1 unspecified atom stereocenters. The van der Waals surface area contributed by atoms with Crippen LogP contribution in [0.4, 0.5) is 4.79 Å². The first-order valence-electron chi connectivity index (χ1n) is 5.34. The van der Waals surface area contributed by atoms with Crippen molar-refractivity contribution in [1.29, 1.82) is 0 Å². The molecule has 7 heteroatoms. The predicted octanol–water partition coefficient (Wildman–Crippen LogP) is -2.50. The topological polar surface area (TPSA) is 82.8 Å². The van der Waals surface area contributed by atoms with Crippen molar-refractivity contribution in [2.45, 2.75) is 38.8 Å². The van der Waals surface area contributed by atoms with E-state index in [2.05, 4.69) is 10.2 Å². The average Bonchev–Trinajstić information content (AvgIpc) is 2.14. The third-order valence-electron chi connectivity index (χ3n) is 1.83. The van der Waals surface area contributed by atoms with Gasteiger partial charge in [0.2, 0.25) is 6.54 Å². The first-order valence-corrected chi connectivity index (χ1v) is 5.34. The quantitative estimate of drug-likeness (QED) is 0.353. The monoisotopic (exact) mass is 292 g/mol. The molecule has 100 valence electrons. The molecular formula is C12H17KN2O4. The molecule has 1 N–H and O–H groups in total. The van der Waals surface area contributed by atoms with Gasteiger partial charge in [0.25, 0.3) is 0 Å². The van der Waals surface area contributed by atoms with E-state index >= 15 is 0 Å². The van der Waals surface area contributed by atoms with Crippen molar-refractivity contribution in [2.75, 3.05) is 6.54 Å². The van der Waals surface area contributed by atoms with E-state index in [1.165, 1.54) is 19.1 Å². The zero-order valence-corrected chi connectivity index (χ0v) is 15.1. The van der Waals surface area contributed by atoms with Gasteiger partial charge in [0, 0.05) is 0 Å². The largest absolute Gasteiger partial charge is 1.00 e. The summed E-state index contributed by atoms with van der Waals surface area (Å²) < 4.78 is 4.95. The number of carboxylic acid groups (broad SMARTS) is 1. The Bertz CT molecular complexity index is 396. The maximum absolute atomic E-state index is 11.5. The third kappa shape index (κ3) is 9.19. The van der Waals surface area contributed by atoms with E-state index in [-0.39, 0.29) is 57.9 Å². The molecule has 19 heavy (non-hydrogen) atoms. The van der Waals surface area contributed by atoms with Crippen LogP contribution < -0.4 is 61.8 Å². The summed E-state index contributed by atoms with van der Waals surface area (Å²) in [6, 6.07) is 0. The van der Waals surface area contributed by atoms with Gasteiger partial charge in [0.15, 0.2) is 0 Å². The van der Waals surface area contributed by atoms with Crippen LogP contribution in [0.3, 0.4) is 0 Å². The number of nitrogens with zero attached hydrogens (tertiary/aromatic N) is 1. The summed E-state index contributed by atoms with van der Waals surface area (Å²) in [5, 5.41) is 13.2. The second kappa shape index (κ2) is 8.71. The number of rotatable bonds is 4. The molecule has 0 aliphatic carbocycles. The Hall–Kier alpha value is -0.394. The molecule has 0 saturated heterocycles. The van der Waals surface area contributed by atoms with Crippen molar-refractivity contribution in [3.8, 4) is 0 Å². The van der Waals surface area contributed by atoms with Crippen molar-refractivity contribution in [2.24, 2.45) is 0 Å². The van der Waals surface area contributed by atoms with Gasteiger partial charge >= 0.3 is 57.5 Å². The van der Waals surface area contributed by atoms with Crippen molar-refractivity contribution >= 4 is 12.1 Å². The minimum atomic E-state index is -1.70. The number of nitrogens with one attached hydrogen (secondary N) is 1. The Morgan fingerprint density at radius 2 is 1.89 bits per heavy atom. The molecule has 0 radical (unpaired) electrons. The molecule has 0 heterocycles. The van der Waals surface area contributed by atoms with Gasteiger partial charge in [-0.15, -0.1) is 0 Å². The van der Waals surface area contributed by atoms with E-state index in [1.54, 1.807) is 20.8 Å². The van der Waals surface area contributed by atoms with Crippen LogP contribution in [0, 0.1) is 6.57 Å². The first-order chi connectivity index (χ1) is 8.10. The summed E-state index contributed by atoms with van der Waals surface area (Å²) in [5.74, 6) is -1.48. The average molecular weight is 292 g/mol. The van der Waals surface area contributed by atoms with E-state index in [0.717, 1.165) is 0 Å². The number of carbonyl (C=O) groups excluding carboxylic acids is 2. The van der Waals surface area contributed by atoms with Crippen molar-refractivity contribution in [1.82, 2.24) is 5.32 Å². The van der Waals surface area contributed by atoms with Crippen molar-refractivity contribution in [3.63, 3.8) is 0 Å². The molecule has 0 aliphatic heterocycles. The second-order valence-corrected chi connectivity index (χ2v) is 4.86. The molecule has 0 aromatic rings. The van der Waals surface area contributed by atoms with E-state index < -0.39 is 23.2 Å². The maximum Gasteiger partial charge on any atom is 1.00 e. The molecule has 0 rings (SSSR count). The predicted molar refractivity (Wildman–Crippen MR) is 63.4 cm³/mol. The van der Waals surface area contributed by atoms with Gasteiger partial charge in [-0.05, 0) is 33.8 Å². The van der Waals surface area contributed by atoms with Crippen LogP contribution in [-0.4, -0.2) is 29.7 Å². The molecule has 1 amide bonds. The van der Waals surface area contributed by atoms with Crippen LogP contribution in [0.25, 0.3) is 4.85 Å². The Morgan fingerprint density at radius 3 is 2.26 bits per heavy atom. The number of ether oxygens (including phenoxy) is 1. The zero-order chi connectivity index (χ0) is 14.4. The Balaban J connectivity index is 0. The molecule has 0 spiro atoms. The van der Waals surface area contributed by atoms with Crippen LogP contribution in [0.5, 0.6) is 0 Å². The molecule has 0 fully saturated rings. The summed E-state index contributed by atoms with van der Waals surface area (Å²) in [7, 11) is 0. The first kappa shape index (κ1) is 20.9. The number of carboxylic acids is 1. The van der Waals surface area contributed by atoms with Gasteiger partial charge in [-0.1, -0.05) is 6.08 Å². The zero-order valence-electron chi connectivity index (χ0n) is 11.9. The van der Waals surface area contributed by atoms with Gasteiger partial charge in [0.05, 0.1) is 11.5 Å². The molecule has 0 aromatic carbocycles. The fraction of sp³-hybridized carbons (Fsp3) is 0.583. The van der Waals surface area contributed by atoms with Crippen molar-refractivity contribution < 1.29 is 70.8 Å². The number of alkyl carbamates (subject to hydrolysis) is 1. The molecule has 6 nitrogen and oxygen atoms in total. The van der Waals surface area contributed by atoms with Gasteiger partial charge < -0.3 is 24.8 Å². The molecule has 0 aromatic heterocycles. The smallest absolute Gasteiger partial charge is 0.547 e. The molecule has 0 bridgehead atoms. The van der Waals surface area contributed by atoms with E-state index in [1.807, 2.05) is 0 Å². The van der Waals surface area contributed by atoms with Crippen molar-refractivity contribution in [3.05, 3.63) is 23.6 Å². The Kier molecular flexibility index (Phi) is 9.59. The second-order valence-electron chi connectivity index (χ2n) is 4.86. The summed E-state index contributed by atoms with van der Waals surface area (Å²) in [4.78, 5) is 25.5. The summed E-state index contributed by atoms with van der Waals surface area (Å²) in [6.45, 7) is 12.9. The van der Waals surface area contributed by atoms with E-state index in [4.69, 9.17) is 11.3 Å². The minimum Gasteiger partial charge on any atom is -0.547 e. The van der Waals surface area contributed by atoms with Gasteiger partial charge in [-0.25, -0.2) is 11.4 Å². The third-order valence-corrected chi connectivity index (χ3v) is 1.83. The van der Waals surface area contributed by atoms with Crippen LogP contribution >= 0.6 is 0 Å². The molecule has 0 saturated carbocycles. The van der Waals surface area contributed by atoms with Gasteiger partial charge in [-0.2, -0.15) is 0 Å².